The van der Waals surface area contributed by atoms with E-state index in [1.807, 2.05) is 16.7 Å². The summed E-state index contributed by atoms with van der Waals surface area (Å²) < 4.78 is 20.2. The van der Waals surface area contributed by atoms with Gasteiger partial charge in [0.15, 0.2) is 0 Å². The van der Waals surface area contributed by atoms with Gasteiger partial charge < -0.3 is 14.4 Å². The monoisotopic (exact) mass is 453 g/mol. The first-order chi connectivity index (χ1) is 15.4. The molecule has 0 bridgehead atoms. The van der Waals surface area contributed by atoms with Crippen LogP contribution < -0.4 is 10.9 Å². The second-order valence-electron chi connectivity index (χ2n) is 8.32. The summed E-state index contributed by atoms with van der Waals surface area (Å²) in [6, 6.07) is 10.9. The highest BCUT2D eigenvalue weighted by atomic mass is 35.5. The topological polar surface area (TPSA) is 77.1 Å². The van der Waals surface area contributed by atoms with Crippen LogP contribution in [0.4, 0.5) is 4.39 Å². The summed E-state index contributed by atoms with van der Waals surface area (Å²) in [7, 11) is 0. The van der Waals surface area contributed by atoms with Crippen LogP contribution in [0.2, 0.25) is 5.02 Å². The quantitative estimate of drug-likeness (QED) is 0.471. The van der Waals surface area contributed by atoms with Gasteiger partial charge in [-0.15, -0.1) is 0 Å². The van der Waals surface area contributed by atoms with E-state index in [1.54, 1.807) is 13.0 Å². The van der Waals surface area contributed by atoms with Crippen molar-refractivity contribution in [3.63, 3.8) is 0 Å². The first-order valence-electron chi connectivity index (χ1n) is 10.6. The number of rotatable bonds is 4. The summed E-state index contributed by atoms with van der Waals surface area (Å²) in [5, 5.41) is 8.72. The molecule has 0 unspecified atom stereocenters. The zero-order valence-electron chi connectivity index (χ0n) is 17.4. The third kappa shape index (κ3) is 3.46. The average Bonchev–Trinajstić information content (AvgIpc) is 3.40. The summed E-state index contributed by atoms with van der Waals surface area (Å²) >= 11 is 6.49. The Morgan fingerprint density at radius 3 is 2.78 bits per heavy atom. The lowest BCUT2D eigenvalue weighted by molar-refractivity contribution is 0.0947. The predicted octanol–water partition coefficient (Wildman–Crippen LogP) is 5.01. The molecule has 8 heteroatoms. The van der Waals surface area contributed by atoms with E-state index < -0.39 is 0 Å². The highest BCUT2D eigenvalue weighted by Crippen LogP contribution is 2.38. The number of amides is 1. The van der Waals surface area contributed by atoms with E-state index in [2.05, 4.69) is 10.5 Å². The second kappa shape index (κ2) is 8.06. The Bertz CT molecular complexity index is 1390. The Morgan fingerprint density at radius 1 is 1.22 bits per heavy atom. The van der Waals surface area contributed by atoms with Crippen molar-refractivity contribution in [2.45, 2.75) is 32.2 Å². The first kappa shape index (κ1) is 20.7. The van der Waals surface area contributed by atoms with E-state index in [0.29, 0.717) is 39.2 Å². The van der Waals surface area contributed by atoms with Crippen molar-refractivity contribution in [2.24, 2.45) is 5.92 Å². The molecule has 1 amide bonds. The maximum Gasteiger partial charge on any atom is 0.264 e. The molecule has 1 aliphatic carbocycles. The number of nitrogens with one attached hydrogen (secondary N) is 1. The molecule has 2 heterocycles. The number of benzene rings is 2. The lowest BCUT2D eigenvalue weighted by Crippen LogP contribution is -2.29. The minimum Gasteiger partial charge on any atom is -0.360 e. The Balaban J connectivity index is 1.42. The van der Waals surface area contributed by atoms with Gasteiger partial charge in [-0.3, -0.25) is 9.59 Å². The molecule has 0 aliphatic heterocycles. The van der Waals surface area contributed by atoms with Crippen molar-refractivity contribution >= 4 is 39.3 Å². The maximum absolute atomic E-state index is 13.4. The fourth-order valence-corrected chi connectivity index (χ4v) is 5.00. The first-order valence-corrected chi connectivity index (χ1v) is 10.9. The van der Waals surface area contributed by atoms with Crippen molar-refractivity contribution in [3.8, 4) is 0 Å². The molecule has 0 spiro atoms. The molecule has 2 aromatic heterocycles. The summed E-state index contributed by atoms with van der Waals surface area (Å²) in [5.74, 6) is 0.0915. The Hall–Kier alpha value is -3.19. The van der Waals surface area contributed by atoms with Gasteiger partial charge in [-0.2, -0.15) is 0 Å². The van der Waals surface area contributed by atoms with Crippen LogP contribution in [0.1, 0.15) is 41.4 Å². The molecule has 1 N–H and O–H groups in total. The summed E-state index contributed by atoms with van der Waals surface area (Å²) in [6.45, 7) is 2.22. The highest BCUT2D eigenvalue weighted by molar-refractivity contribution is 6.37. The number of aromatic nitrogens is 2. The molecule has 1 fully saturated rings. The molecule has 0 radical (unpaired) electrons. The van der Waals surface area contributed by atoms with Gasteiger partial charge in [0.2, 0.25) is 0 Å². The second-order valence-corrected chi connectivity index (χ2v) is 8.73. The average molecular weight is 454 g/mol. The van der Waals surface area contributed by atoms with Crippen LogP contribution >= 0.6 is 11.6 Å². The van der Waals surface area contributed by atoms with Gasteiger partial charge in [0.05, 0.1) is 10.5 Å². The number of halogens is 2. The molecule has 0 saturated heterocycles. The van der Waals surface area contributed by atoms with E-state index in [9.17, 15) is 14.0 Å². The van der Waals surface area contributed by atoms with E-state index in [1.165, 1.54) is 24.3 Å². The number of hydrogen-bond donors (Lipinski definition) is 1. The lowest BCUT2D eigenvalue weighted by atomic mass is 10.1. The predicted molar refractivity (Wildman–Crippen MR) is 121 cm³/mol. The molecular formula is C24H21ClFN3O3. The largest absolute Gasteiger partial charge is 0.360 e. The molecule has 6 nitrogen and oxygen atoms in total. The molecule has 5 rings (SSSR count). The van der Waals surface area contributed by atoms with Gasteiger partial charge in [-0.1, -0.05) is 22.8 Å². The number of carbonyl (C=O) groups excluding carboxylic acids is 1. The van der Waals surface area contributed by atoms with Gasteiger partial charge in [0.1, 0.15) is 22.5 Å². The van der Waals surface area contributed by atoms with E-state index >= 15 is 0 Å². The number of nitrogens with zero attached hydrogens (tertiary/aromatic N) is 2. The molecule has 4 aromatic rings. The van der Waals surface area contributed by atoms with Crippen LogP contribution in [0.5, 0.6) is 0 Å². The van der Waals surface area contributed by atoms with Crippen molar-refractivity contribution in [1.29, 1.82) is 0 Å². The maximum atomic E-state index is 13.4. The lowest BCUT2D eigenvalue weighted by Gasteiger charge is -2.19. The minimum atomic E-state index is -0.377. The molecule has 32 heavy (non-hydrogen) atoms. The van der Waals surface area contributed by atoms with Crippen LogP contribution in [0.15, 0.2) is 51.8 Å². The zero-order chi connectivity index (χ0) is 22.4. The summed E-state index contributed by atoms with van der Waals surface area (Å²) in [6.07, 6.45) is 2.44. The standard InChI is InChI=1S/C24H21ClFN3O3/c1-13-20-22(28-32-13)21-18(25)3-2-4-19(21)29(24(20)31)17-10-5-14(11-17)12-27-23(30)15-6-8-16(26)9-7-15/h2-4,6-9,14,17H,5,10-12H2,1H3,(H,27,30)/t14-,17+/m0/s1. The highest BCUT2D eigenvalue weighted by Gasteiger charge is 2.30. The van der Waals surface area contributed by atoms with Crippen molar-refractivity contribution in [2.75, 3.05) is 6.54 Å². The normalized spacial score (nSPS) is 18.5. The smallest absolute Gasteiger partial charge is 0.264 e. The third-order valence-corrected chi connectivity index (χ3v) is 6.63. The molecule has 1 saturated carbocycles. The Labute approximate surface area is 188 Å². The molecule has 1 aliphatic rings. The van der Waals surface area contributed by atoms with Crippen LogP contribution in [0.25, 0.3) is 21.8 Å². The summed E-state index contributed by atoms with van der Waals surface area (Å²) in [5.41, 5.74) is 1.52. The molecule has 164 valence electrons. The van der Waals surface area contributed by atoms with Gasteiger partial charge in [-0.05, 0) is 68.5 Å². The number of fused-ring (bicyclic) bond motifs is 3. The van der Waals surface area contributed by atoms with Gasteiger partial charge >= 0.3 is 0 Å². The summed E-state index contributed by atoms with van der Waals surface area (Å²) in [4.78, 5) is 25.8. The van der Waals surface area contributed by atoms with E-state index in [0.717, 1.165) is 24.8 Å². The number of pyridine rings is 1. The molecular weight excluding hydrogens is 433 g/mol. The minimum absolute atomic E-state index is 0.0186. The third-order valence-electron chi connectivity index (χ3n) is 6.32. The van der Waals surface area contributed by atoms with Crippen LogP contribution in [0.3, 0.4) is 0 Å². The van der Waals surface area contributed by atoms with Crippen LogP contribution in [-0.4, -0.2) is 22.2 Å². The Morgan fingerprint density at radius 2 is 2.00 bits per heavy atom. The van der Waals surface area contributed by atoms with E-state index in [4.69, 9.17) is 16.1 Å². The fraction of sp³-hybridized carbons (Fsp3) is 0.292. The van der Waals surface area contributed by atoms with Crippen molar-refractivity contribution in [1.82, 2.24) is 15.0 Å². The molecule has 2 aromatic carbocycles. The van der Waals surface area contributed by atoms with Gasteiger partial charge in [-0.25, -0.2) is 4.39 Å². The van der Waals surface area contributed by atoms with Gasteiger partial charge in [0, 0.05) is 23.5 Å². The Kier molecular flexibility index (Phi) is 5.21. The van der Waals surface area contributed by atoms with Gasteiger partial charge in [0.25, 0.3) is 11.5 Å². The fourth-order valence-electron chi connectivity index (χ4n) is 4.74. The van der Waals surface area contributed by atoms with Crippen LogP contribution in [-0.2, 0) is 0 Å². The molecule has 2 atom stereocenters. The number of hydrogen-bond acceptors (Lipinski definition) is 4. The number of carbonyl (C=O) groups is 1. The van der Waals surface area contributed by atoms with Crippen molar-refractivity contribution in [3.05, 3.63) is 75.0 Å². The van der Waals surface area contributed by atoms with Crippen LogP contribution in [0, 0.1) is 18.7 Å². The SMILES string of the molecule is Cc1onc2c1c(=O)n([C@@H]1CC[C@H](CNC(=O)c3ccc(F)cc3)C1)c1cccc(Cl)c21. The zero-order valence-corrected chi connectivity index (χ0v) is 18.2. The van der Waals surface area contributed by atoms with E-state index in [-0.39, 0.29) is 29.2 Å². The number of aryl methyl sites for hydroxylation is 1. The van der Waals surface area contributed by atoms with Crippen molar-refractivity contribution < 1.29 is 13.7 Å².